The van der Waals surface area contributed by atoms with Crippen LogP contribution < -0.4 is 46.2 Å². The molecule has 3 aromatic heterocycles. The number of hydrogen-bond acceptors (Lipinski definition) is 13. The molecule has 3 unspecified atom stereocenters. The van der Waals surface area contributed by atoms with Gasteiger partial charge in [0.2, 0.25) is 22.1 Å². The van der Waals surface area contributed by atoms with Crippen molar-refractivity contribution in [1.29, 1.82) is 0 Å². The van der Waals surface area contributed by atoms with Crippen LogP contribution in [0.25, 0.3) is 0 Å². The fourth-order valence-electron chi connectivity index (χ4n) is 7.53. The van der Waals surface area contributed by atoms with Crippen molar-refractivity contribution in [2.75, 3.05) is 96.4 Å². The van der Waals surface area contributed by atoms with E-state index in [1.807, 2.05) is 42.5 Å². The molecule has 0 bridgehead atoms. The predicted molar refractivity (Wildman–Crippen MR) is 283 cm³/mol. The van der Waals surface area contributed by atoms with Crippen LogP contribution in [0.2, 0.25) is 0 Å². The molecule has 0 aliphatic rings. The molecule has 0 saturated heterocycles. The molecule has 0 radical (unpaired) electrons. The minimum atomic E-state index is -3.73. The molecule has 0 aliphatic heterocycles. The maximum absolute atomic E-state index is 12.9. The predicted octanol–water partition coefficient (Wildman–Crippen LogP) is 5.34. The van der Waals surface area contributed by atoms with Gasteiger partial charge in [-0.15, -0.1) is 0 Å². The van der Waals surface area contributed by atoms with Crippen molar-refractivity contribution >= 4 is 49.8 Å². The van der Waals surface area contributed by atoms with Crippen LogP contribution >= 0.6 is 22.1 Å². The summed E-state index contributed by atoms with van der Waals surface area (Å²) in [5, 5.41) is 6.83. The molecule has 0 aliphatic carbocycles. The monoisotopic (exact) mass is 1010 g/mol. The Balaban J connectivity index is 1.31. The van der Waals surface area contributed by atoms with E-state index < -0.39 is 22.1 Å². The van der Waals surface area contributed by atoms with Gasteiger partial charge in [0.25, 0.3) is 0 Å². The third kappa shape index (κ3) is 16.4. The Kier molecular flexibility index (Phi) is 20.4. The third-order valence-electron chi connectivity index (χ3n) is 11.3. The minimum Gasteiger partial charge on any atom is -0.495 e. The number of nitrogens with zero attached hydrogens (tertiary/aromatic N) is 6. The first-order valence-corrected chi connectivity index (χ1v) is 29.5. The lowest BCUT2D eigenvalue weighted by Gasteiger charge is -2.23. The fraction of sp³-hybridized carbons (Fsp3) is 0.392. The van der Waals surface area contributed by atoms with Crippen molar-refractivity contribution in [3.05, 3.63) is 118 Å². The molecule has 5 N–H and O–H groups in total. The number of ether oxygens (including phenoxy) is 2. The number of anilines is 2. The van der Waals surface area contributed by atoms with Crippen LogP contribution in [-0.4, -0.2) is 121 Å². The Bertz CT molecular complexity index is 2690. The lowest BCUT2D eigenvalue weighted by Crippen LogP contribution is -2.37. The second-order valence-electron chi connectivity index (χ2n) is 16.8. The average Bonchev–Trinajstić information content (AvgIpc) is 3.33. The maximum Gasteiger partial charge on any atom is 0.244 e. The van der Waals surface area contributed by atoms with E-state index in [-0.39, 0.29) is 29.4 Å². The lowest BCUT2D eigenvalue weighted by atomic mass is 10.1. The van der Waals surface area contributed by atoms with Gasteiger partial charge in [0, 0.05) is 114 Å². The zero-order valence-electron chi connectivity index (χ0n) is 41.7. The molecular weight excluding hydrogens is 946 g/mol. The molecule has 70 heavy (non-hydrogen) atoms. The Morgan fingerprint density at radius 3 is 1.31 bits per heavy atom. The molecule has 0 fully saturated rings. The molecule has 0 amide bonds. The van der Waals surface area contributed by atoms with Crippen LogP contribution in [0, 0.1) is 23.7 Å². The Hall–Kier alpha value is -5.34. The van der Waals surface area contributed by atoms with Gasteiger partial charge in [-0.25, -0.2) is 15.0 Å². The number of pyridine rings is 3. The van der Waals surface area contributed by atoms with E-state index in [0.29, 0.717) is 60.9 Å². The van der Waals surface area contributed by atoms with Gasteiger partial charge < -0.3 is 44.6 Å². The summed E-state index contributed by atoms with van der Waals surface area (Å²) in [6.45, 7) is 18.3. The van der Waals surface area contributed by atoms with Gasteiger partial charge >= 0.3 is 0 Å². The van der Waals surface area contributed by atoms with Crippen LogP contribution in [-0.2, 0) is 33.3 Å². The van der Waals surface area contributed by atoms with Crippen LogP contribution in [0.4, 0.5) is 11.4 Å². The molecule has 0 spiro atoms. The third-order valence-corrected chi connectivity index (χ3v) is 14.5. The molecule has 5 aromatic rings. The van der Waals surface area contributed by atoms with E-state index in [2.05, 4.69) is 91.7 Å². The lowest BCUT2D eigenvalue weighted by molar-refractivity contribution is 0.261. The summed E-state index contributed by atoms with van der Waals surface area (Å²) >= 11 is 0. The summed E-state index contributed by atoms with van der Waals surface area (Å²) in [5.41, 5.74) is 6.48. The largest absolute Gasteiger partial charge is 0.495 e. The fourth-order valence-corrected chi connectivity index (χ4v) is 9.60. The molecule has 2 aromatic carbocycles. The van der Waals surface area contributed by atoms with E-state index in [0.717, 1.165) is 60.2 Å². The van der Waals surface area contributed by atoms with Crippen molar-refractivity contribution in [2.24, 2.45) is 0 Å². The van der Waals surface area contributed by atoms with E-state index in [4.69, 9.17) is 9.47 Å². The molecule has 374 valence electrons. The summed E-state index contributed by atoms with van der Waals surface area (Å²) in [6.07, 6.45) is 0. The smallest absolute Gasteiger partial charge is 0.244 e. The van der Waals surface area contributed by atoms with Gasteiger partial charge in [-0.3, -0.25) is 18.6 Å². The molecule has 16 nitrogen and oxygen atoms in total. The second-order valence-corrected chi connectivity index (χ2v) is 23.4. The zero-order valence-corrected chi connectivity index (χ0v) is 44.4. The van der Waals surface area contributed by atoms with E-state index in [1.165, 1.54) is 20.0 Å². The van der Waals surface area contributed by atoms with E-state index in [1.54, 1.807) is 50.6 Å². The SMILES string of the molecule is CCN(CC)c1cc(C#Cc2cc(CNCCN(CCNCc3cc(C#Cc4ccc(OC)c(N(CC)CC)c4)cc(P(C)(=O)O)n3)Cc3cccc(P(C)(=O)O)n3)nc(P(C)(=O)O)c2)ccc1OC. The van der Waals surface area contributed by atoms with Gasteiger partial charge in [-0.2, -0.15) is 0 Å². The van der Waals surface area contributed by atoms with Gasteiger partial charge in [-0.05, 0) is 100 Å². The molecule has 5 rings (SSSR count). The summed E-state index contributed by atoms with van der Waals surface area (Å²) in [4.78, 5) is 51.4. The summed E-state index contributed by atoms with van der Waals surface area (Å²) < 4.78 is 49.5. The van der Waals surface area contributed by atoms with Gasteiger partial charge in [-0.1, -0.05) is 29.7 Å². The summed E-state index contributed by atoms with van der Waals surface area (Å²) in [6, 6.07) is 23.3. The topological polar surface area (TPSA) is 203 Å². The van der Waals surface area contributed by atoms with Crippen molar-refractivity contribution < 1.29 is 37.8 Å². The van der Waals surface area contributed by atoms with Crippen molar-refractivity contribution in [3.8, 4) is 35.2 Å². The van der Waals surface area contributed by atoms with Gasteiger partial charge in [0.15, 0.2) is 0 Å². The van der Waals surface area contributed by atoms with Crippen molar-refractivity contribution in [3.63, 3.8) is 0 Å². The Morgan fingerprint density at radius 1 is 0.529 bits per heavy atom. The number of hydrogen-bond donors (Lipinski definition) is 5. The highest BCUT2D eigenvalue weighted by molar-refractivity contribution is 7.65. The standard InChI is InChI=1S/C51H67N8O8P3/c1-10-58(11-2)45-31-38(21-23-47(45)66-5)17-19-40-29-43(55-50(33-40)69(8,62)63)35-52-25-27-57(37-42-15-14-16-49(54-42)68(7,60)61)28-26-53-36-44-30-41(34-51(56-44)70(9,64)65)20-18-39-22-24-48(67-6)46(32-39)59(12-3)13-4/h14-16,21-24,29-34,52-53H,10-13,25-28,35-37H2,1-9H3,(H,60,61)(H,62,63)(H,64,65). The minimum absolute atomic E-state index is 0.0621. The Labute approximate surface area is 413 Å². The van der Waals surface area contributed by atoms with Crippen LogP contribution in [0.1, 0.15) is 67.0 Å². The normalized spacial score (nSPS) is 13.7. The summed E-state index contributed by atoms with van der Waals surface area (Å²) in [7, 11) is -7.77. The van der Waals surface area contributed by atoms with Gasteiger partial charge in [0.1, 0.15) is 27.8 Å². The Morgan fingerprint density at radius 2 is 0.929 bits per heavy atom. The van der Waals surface area contributed by atoms with E-state index >= 15 is 0 Å². The number of rotatable bonds is 23. The first-order chi connectivity index (χ1) is 33.3. The molecule has 3 heterocycles. The zero-order chi connectivity index (χ0) is 51.1. The molecular formula is C51H67N8O8P3. The highest BCUT2D eigenvalue weighted by atomic mass is 31.2. The van der Waals surface area contributed by atoms with Crippen molar-refractivity contribution in [1.82, 2.24) is 30.5 Å². The number of methoxy groups -OCH3 is 2. The summed E-state index contributed by atoms with van der Waals surface area (Å²) in [5.74, 6) is 14.3. The first-order valence-electron chi connectivity index (χ1n) is 23.2. The molecule has 3 atom stereocenters. The number of aromatic nitrogens is 3. The highest BCUT2D eigenvalue weighted by Crippen LogP contribution is 2.35. The maximum atomic E-state index is 12.9. The quantitative estimate of drug-likeness (QED) is 0.0319. The molecule has 19 heteroatoms. The van der Waals surface area contributed by atoms with Gasteiger partial charge in [0.05, 0.1) is 42.7 Å². The van der Waals surface area contributed by atoms with E-state index in [9.17, 15) is 28.4 Å². The number of benzene rings is 2. The van der Waals surface area contributed by atoms with Crippen LogP contribution in [0.15, 0.2) is 78.9 Å². The highest BCUT2D eigenvalue weighted by Gasteiger charge is 2.20. The van der Waals surface area contributed by atoms with Crippen LogP contribution in [0.3, 0.4) is 0 Å². The van der Waals surface area contributed by atoms with Crippen LogP contribution in [0.5, 0.6) is 11.5 Å². The first kappa shape index (κ1) is 55.6. The second kappa shape index (κ2) is 25.7. The molecule has 0 saturated carbocycles. The van der Waals surface area contributed by atoms with Crippen molar-refractivity contribution in [2.45, 2.75) is 47.3 Å². The number of nitrogens with one attached hydrogen (secondary N) is 2. The average molecular weight is 1010 g/mol.